The van der Waals surface area contributed by atoms with Gasteiger partial charge >= 0.3 is 6.18 Å². The van der Waals surface area contributed by atoms with Crippen LogP contribution in [0.15, 0.2) is 53.4 Å². The number of hydrogen-bond donors (Lipinski definition) is 2. The van der Waals surface area contributed by atoms with Gasteiger partial charge in [0, 0.05) is 18.8 Å². The molecule has 0 heterocycles. The lowest BCUT2D eigenvalue weighted by Gasteiger charge is -2.18. The molecular formula is C19H22F3NO3S. The van der Waals surface area contributed by atoms with Crippen LogP contribution in [0.1, 0.15) is 29.7 Å². The molecule has 2 rings (SSSR count). The molecule has 27 heavy (non-hydrogen) atoms. The number of alkyl halides is 3. The van der Waals surface area contributed by atoms with E-state index in [2.05, 4.69) is 5.32 Å². The Bertz CT molecular complexity index is 865. The minimum atomic E-state index is -4.45. The summed E-state index contributed by atoms with van der Waals surface area (Å²) in [5, 5.41) is 13.2. The van der Waals surface area contributed by atoms with E-state index in [0.717, 1.165) is 24.0 Å². The van der Waals surface area contributed by atoms with Gasteiger partial charge in [-0.25, -0.2) is 8.42 Å². The third-order valence-corrected chi connectivity index (χ3v) is 5.28. The molecule has 148 valence electrons. The highest BCUT2D eigenvalue weighted by atomic mass is 32.2. The Labute approximate surface area is 157 Å². The van der Waals surface area contributed by atoms with Crippen LogP contribution >= 0.6 is 0 Å². The van der Waals surface area contributed by atoms with E-state index in [1.54, 1.807) is 12.1 Å². The van der Waals surface area contributed by atoms with Gasteiger partial charge in [-0.15, -0.1) is 0 Å². The number of benzene rings is 2. The predicted octanol–water partition coefficient (Wildman–Crippen LogP) is 3.36. The second-order valence-electron chi connectivity index (χ2n) is 6.57. The average molecular weight is 401 g/mol. The van der Waals surface area contributed by atoms with Crippen molar-refractivity contribution in [3.05, 3.63) is 65.2 Å². The molecule has 0 aliphatic heterocycles. The summed E-state index contributed by atoms with van der Waals surface area (Å²) in [6, 6.07) is 11.1. The minimum absolute atomic E-state index is 0.0606. The molecule has 0 radical (unpaired) electrons. The predicted molar refractivity (Wildman–Crippen MR) is 97.1 cm³/mol. The maximum atomic E-state index is 12.8. The Hall–Kier alpha value is -1.90. The van der Waals surface area contributed by atoms with Gasteiger partial charge in [-0.3, -0.25) is 0 Å². The molecule has 0 bridgehead atoms. The fourth-order valence-electron chi connectivity index (χ4n) is 2.65. The molecule has 0 aliphatic rings. The summed E-state index contributed by atoms with van der Waals surface area (Å²) in [6.45, 7) is 1.98. The van der Waals surface area contributed by atoms with Gasteiger partial charge in [-0.05, 0) is 48.7 Å². The number of rotatable bonds is 7. The first-order chi connectivity index (χ1) is 12.5. The molecule has 2 atom stereocenters. The lowest BCUT2D eigenvalue weighted by atomic mass is 10.0. The van der Waals surface area contributed by atoms with E-state index >= 15 is 0 Å². The summed E-state index contributed by atoms with van der Waals surface area (Å²) < 4.78 is 61.2. The Kier molecular flexibility index (Phi) is 6.67. The molecule has 2 aromatic carbocycles. The number of aliphatic hydroxyl groups is 1. The summed E-state index contributed by atoms with van der Waals surface area (Å²) in [6.07, 6.45) is -3.79. The topological polar surface area (TPSA) is 66.4 Å². The van der Waals surface area contributed by atoms with E-state index in [9.17, 15) is 26.7 Å². The van der Waals surface area contributed by atoms with Crippen molar-refractivity contribution >= 4 is 9.84 Å². The summed E-state index contributed by atoms with van der Waals surface area (Å²) >= 11 is 0. The number of nitrogens with one attached hydrogen (secondary N) is 1. The van der Waals surface area contributed by atoms with Crippen LogP contribution in [0.3, 0.4) is 0 Å². The van der Waals surface area contributed by atoms with E-state index in [1.807, 2.05) is 6.92 Å². The number of halogens is 3. The fourth-order valence-corrected chi connectivity index (χ4v) is 3.28. The molecule has 0 amide bonds. The number of sulfone groups is 1. The third kappa shape index (κ3) is 6.34. The first-order valence-corrected chi connectivity index (χ1v) is 10.2. The molecule has 8 heteroatoms. The fraction of sp³-hybridized carbons (Fsp3) is 0.368. The van der Waals surface area contributed by atoms with Gasteiger partial charge in [0.05, 0.1) is 16.6 Å². The van der Waals surface area contributed by atoms with Crippen molar-refractivity contribution in [2.24, 2.45) is 0 Å². The van der Waals surface area contributed by atoms with Crippen molar-refractivity contribution in [2.45, 2.75) is 36.6 Å². The van der Waals surface area contributed by atoms with Crippen LogP contribution in [0, 0.1) is 0 Å². The van der Waals surface area contributed by atoms with Gasteiger partial charge in [0.25, 0.3) is 0 Å². The quantitative estimate of drug-likeness (QED) is 0.747. The first-order valence-electron chi connectivity index (χ1n) is 8.34. The van der Waals surface area contributed by atoms with Crippen LogP contribution < -0.4 is 5.32 Å². The Morgan fingerprint density at radius 3 is 2.30 bits per heavy atom. The molecule has 0 saturated carbocycles. The lowest BCUT2D eigenvalue weighted by Crippen LogP contribution is -2.32. The first kappa shape index (κ1) is 21.4. The Morgan fingerprint density at radius 2 is 1.74 bits per heavy atom. The highest BCUT2D eigenvalue weighted by Crippen LogP contribution is 2.30. The SMILES string of the molecule is CC(Cc1ccc(S(C)(=O)=O)cc1)NCC(O)c1cccc(C(F)(F)F)c1. The third-order valence-electron chi connectivity index (χ3n) is 4.15. The molecule has 0 spiro atoms. The highest BCUT2D eigenvalue weighted by molar-refractivity contribution is 7.90. The maximum absolute atomic E-state index is 12.8. The van der Waals surface area contributed by atoms with Gasteiger partial charge in [-0.1, -0.05) is 24.3 Å². The molecular weight excluding hydrogens is 379 g/mol. The molecule has 4 nitrogen and oxygen atoms in total. The molecule has 0 fully saturated rings. The summed E-state index contributed by atoms with van der Waals surface area (Å²) in [7, 11) is -3.24. The molecule has 0 saturated heterocycles. The van der Waals surface area contributed by atoms with Crippen LogP contribution in [0.2, 0.25) is 0 Å². The van der Waals surface area contributed by atoms with Gasteiger partial charge in [0.2, 0.25) is 0 Å². The largest absolute Gasteiger partial charge is 0.416 e. The normalized spacial score (nSPS) is 14.7. The standard InChI is InChI=1S/C19H22F3NO3S/c1-13(10-14-6-8-17(9-7-14)27(2,25)26)23-12-18(24)15-4-3-5-16(11-15)19(20,21)22/h3-9,11,13,18,23-24H,10,12H2,1-2H3. The van der Waals surface area contributed by atoms with Crippen molar-refractivity contribution in [3.63, 3.8) is 0 Å². The second-order valence-corrected chi connectivity index (χ2v) is 8.58. The van der Waals surface area contributed by atoms with Crippen molar-refractivity contribution < 1.29 is 26.7 Å². The molecule has 2 unspecified atom stereocenters. The van der Waals surface area contributed by atoms with E-state index in [1.165, 1.54) is 24.3 Å². The summed E-state index contributed by atoms with van der Waals surface area (Å²) in [5.41, 5.74) is 0.316. The number of aliphatic hydroxyl groups excluding tert-OH is 1. The van der Waals surface area contributed by atoms with Gasteiger partial charge in [0.15, 0.2) is 9.84 Å². The lowest BCUT2D eigenvalue weighted by molar-refractivity contribution is -0.137. The molecule has 2 aromatic rings. The Morgan fingerprint density at radius 1 is 1.11 bits per heavy atom. The van der Waals surface area contributed by atoms with Crippen molar-refractivity contribution in [2.75, 3.05) is 12.8 Å². The summed E-state index contributed by atoms with van der Waals surface area (Å²) in [4.78, 5) is 0.242. The van der Waals surface area contributed by atoms with Crippen LogP contribution in [0.4, 0.5) is 13.2 Å². The zero-order valence-corrected chi connectivity index (χ0v) is 15.8. The monoisotopic (exact) mass is 401 g/mol. The van der Waals surface area contributed by atoms with E-state index in [-0.39, 0.29) is 23.0 Å². The zero-order valence-electron chi connectivity index (χ0n) is 15.0. The van der Waals surface area contributed by atoms with Gasteiger partial charge in [0.1, 0.15) is 0 Å². The molecule has 2 N–H and O–H groups in total. The molecule has 0 aromatic heterocycles. The number of hydrogen-bond acceptors (Lipinski definition) is 4. The summed E-state index contributed by atoms with van der Waals surface area (Å²) in [5.74, 6) is 0. The van der Waals surface area contributed by atoms with Crippen molar-refractivity contribution in [3.8, 4) is 0 Å². The average Bonchev–Trinajstić information content (AvgIpc) is 2.59. The van der Waals surface area contributed by atoms with E-state index in [4.69, 9.17) is 0 Å². The molecule has 0 aliphatic carbocycles. The maximum Gasteiger partial charge on any atom is 0.416 e. The van der Waals surface area contributed by atoms with Gasteiger partial charge in [-0.2, -0.15) is 13.2 Å². The van der Waals surface area contributed by atoms with Crippen molar-refractivity contribution in [1.82, 2.24) is 5.32 Å². The van der Waals surface area contributed by atoms with E-state index in [0.29, 0.717) is 6.42 Å². The Balaban J connectivity index is 1.92. The van der Waals surface area contributed by atoms with Crippen LogP contribution in [0.25, 0.3) is 0 Å². The van der Waals surface area contributed by atoms with Crippen LogP contribution in [0.5, 0.6) is 0 Å². The van der Waals surface area contributed by atoms with Crippen LogP contribution in [-0.4, -0.2) is 32.4 Å². The minimum Gasteiger partial charge on any atom is -0.387 e. The van der Waals surface area contributed by atoms with Gasteiger partial charge < -0.3 is 10.4 Å². The van der Waals surface area contributed by atoms with Crippen molar-refractivity contribution in [1.29, 1.82) is 0 Å². The highest BCUT2D eigenvalue weighted by Gasteiger charge is 2.30. The van der Waals surface area contributed by atoms with E-state index < -0.39 is 27.7 Å². The van der Waals surface area contributed by atoms with Crippen LogP contribution in [-0.2, 0) is 22.4 Å². The second kappa shape index (κ2) is 8.41. The smallest absolute Gasteiger partial charge is 0.387 e. The zero-order chi connectivity index (χ0) is 20.2.